The van der Waals surface area contributed by atoms with Crippen LogP contribution in [0, 0.1) is 11.8 Å². The predicted molar refractivity (Wildman–Crippen MR) is 75.7 cm³/mol. The Morgan fingerprint density at radius 3 is 2.58 bits per heavy atom. The fraction of sp³-hybridized carbons (Fsp3) is 0.600. The van der Waals surface area contributed by atoms with Gasteiger partial charge < -0.3 is 10.4 Å². The number of aromatic carboxylic acids is 1. The van der Waals surface area contributed by atoms with Crippen molar-refractivity contribution in [2.45, 2.75) is 39.5 Å². The molecule has 0 spiro atoms. The van der Waals surface area contributed by atoms with Crippen molar-refractivity contribution in [3.8, 4) is 0 Å². The summed E-state index contributed by atoms with van der Waals surface area (Å²) < 4.78 is 0. The molecular weight excluding hydrogens is 240 g/mol. The first-order valence-corrected chi connectivity index (χ1v) is 6.77. The molecule has 2 N–H and O–H groups in total. The number of hydrogen-bond donors (Lipinski definition) is 2. The molecule has 104 valence electrons. The molecule has 4 nitrogen and oxygen atoms in total. The second kappa shape index (κ2) is 4.83. The van der Waals surface area contributed by atoms with Crippen LogP contribution in [0.2, 0.25) is 0 Å². The van der Waals surface area contributed by atoms with Crippen molar-refractivity contribution in [1.82, 2.24) is 4.98 Å². The molecule has 1 aromatic heterocycles. The topological polar surface area (TPSA) is 62.2 Å². The minimum absolute atomic E-state index is 0.158. The first kappa shape index (κ1) is 13.8. The second-order valence-corrected chi connectivity index (χ2v) is 6.54. The van der Waals surface area contributed by atoms with Gasteiger partial charge >= 0.3 is 5.97 Å². The molecule has 2 atom stereocenters. The van der Waals surface area contributed by atoms with Crippen LogP contribution in [0.1, 0.15) is 50.2 Å². The number of aromatic nitrogens is 1. The van der Waals surface area contributed by atoms with Crippen molar-refractivity contribution in [2.75, 3.05) is 11.9 Å². The third-order valence-electron chi connectivity index (χ3n) is 3.66. The van der Waals surface area contributed by atoms with Gasteiger partial charge in [-0.05, 0) is 30.4 Å². The first-order chi connectivity index (χ1) is 8.77. The zero-order valence-electron chi connectivity index (χ0n) is 12.0. The fourth-order valence-electron chi connectivity index (χ4n) is 2.05. The van der Waals surface area contributed by atoms with E-state index in [1.165, 1.54) is 6.42 Å². The summed E-state index contributed by atoms with van der Waals surface area (Å²) in [6, 6.07) is 3.28. The Kier molecular flexibility index (Phi) is 3.52. The summed E-state index contributed by atoms with van der Waals surface area (Å²) in [4.78, 5) is 15.7. The minimum Gasteiger partial charge on any atom is -0.478 e. The van der Waals surface area contributed by atoms with E-state index in [2.05, 4.69) is 17.2 Å². The van der Waals surface area contributed by atoms with Gasteiger partial charge in [0, 0.05) is 17.7 Å². The average molecular weight is 262 g/mol. The van der Waals surface area contributed by atoms with Crippen molar-refractivity contribution < 1.29 is 9.90 Å². The lowest BCUT2D eigenvalue weighted by Gasteiger charge is -2.19. The summed E-state index contributed by atoms with van der Waals surface area (Å²) in [5.41, 5.74) is 0.944. The zero-order valence-corrected chi connectivity index (χ0v) is 12.0. The number of hydrogen-bond acceptors (Lipinski definition) is 3. The SMILES string of the molecule is CC1CC1CNc1cc(C(=O)O)cc(C(C)(C)C)n1. The monoisotopic (exact) mass is 262 g/mol. The van der Waals surface area contributed by atoms with Gasteiger partial charge in [-0.1, -0.05) is 27.7 Å². The number of pyridine rings is 1. The van der Waals surface area contributed by atoms with Crippen LogP contribution in [0.5, 0.6) is 0 Å². The average Bonchev–Trinajstić information content (AvgIpc) is 3.01. The molecule has 1 aromatic rings. The number of carboxylic acids is 1. The molecule has 0 bridgehead atoms. The van der Waals surface area contributed by atoms with Gasteiger partial charge in [0.05, 0.1) is 5.56 Å². The maximum Gasteiger partial charge on any atom is 0.335 e. The van der Waals surface area contributed by atoms with E-state index in [1.54, 1.807) is 12.1 Å². The third kappa shape index (κ3) is 3.46. The lowest BCUT2D eigenvalue weighted by Crippen LogP contribution is -2.17. The summed E-state index contributed by atoms with van der Waals surface area (Å²) in [7, 11) is 0. The summed E-state index contributed by atoms with van der Waals surface area (Å²) in [6.07, 6.45) is 1.25. The van der Waals surface area contributed by atoms with Gasteiger partial charge in [-0.2, -0.15) is 0 Å². The second-order valence-electron chi connectivity index (χ2n) is 6.54. The summed E-state index contributed by atoms with van der Waals surface area (Å²) >= 11 is 0. The molecule has 1 heterocycles. The van der Waals surface area contributed by atoms with E-state index in [-0.39, 0.29) is 5.41 Å². The molecule has 1 saturated carbocycles. The lowest BCUT2D eigenvalue weighted by molar-refractivity contribution is 0.0696. The maximum absolute atomic E-state index is 11.2. The predicted octanol–water partition coefficient (Wildman–Crippen LogP) is 3.15. The van der Waals surface area contributed by atoms with Crippen LogP contribution in [0.3, 0.4) is 0 Å². The van der Waals surface area contributed by atoms with Gasteiger partial charge in [0.2, 0.25) is 0 Å². The standard InChI is InChI=1S/C15H22N2O2/c1-9-5-11(9)8-16-13-7-10(14(18)19)6-12(17-13)15(2,3)4/h6-7,9,11H,5,8H2,1-4H3,(H,16,17)(H,18,19). The molecule has 2 rings (SSSR count). The Morgan fingerprint density at radius 1 is 1.47 bits per heavy atom. The smallest absolute Gasteiger partial charge is 0.335 e. The highest BCUT2D eigenvalue weighted by molar-refractivity contribution is 5.88. The Labute approximate surface area is 114 Å². The number of rotatable bonds is 4. The molecule has 1 fully saturated rings. The highest BCUT2D eigenvalue weighted by Gasteiger charge is 2.32. The largest absolute Gasteiger partial charge is 0.478 e. The molecule has 1 aliphatic carbocycles. The van der Waals surface area contributed by atoms with Crippen molar-refractivity contribution in [3.63, 3.8) is 0 Å². The van der Waals surface area contributed by atoms with Crippen LogP contribution in [-0.4, -0.2) is 22.6 Å². The number of nitrogens with zero attached hydrogens (tertiary/aromatic N) is 1. The lowest BCUT2D eigenvalue weighted by atomic mass is 9.91. The molecule has 0 amide bonds. The van der Waals surface area contributed by atoms with E-state index in [9.17, 15) is 9.90 Å². The van der Waals surface area contributed by atoms with Crippen molar-refractivity contribution in [2.24, 2.45) is 11.8 Å². The van der Waals surface area contributed by atoms with Gasteiger partial charge in [0.25, 0.3) is 0 Å². The maximum atomic E-state index is 11.2. The molecule has 2 unspecified atom stereocenters. The summed E-state index contributed by atoms with van der Waals surface area (Å²) in [6.45, 7) is 9.21. The van der Waals surface area contributed by atoms with Crippen LogP contribution >= 0.6 is 0 Å². The van der Waals surface area contributed by atoms with E-state index in [0.717, 1.165) is 18.2 Å². The molecule has 0 aliphatic heterocycles. The molecule has 1 aliphatic rings. The third-order valence-corrected chi connectivity index (χ3v) is 3.66. The van der Waals surface area contributed by atoms with E-state index in [0.29, 0.717) is 17.3 Å². The Balaban J connectivity index is 2.21. The van der Waals surface area contributed by atoms with Gasteiger partial charge in [-0.15, -0.1) is 0 Å². The molecule has 19 heavy (non-hydrogen) atoms. The molecule has 0 aromatic carbocycles. The van der Waals surface area contributed by atoms with Crippen LogP contribution < -0.4 is 5.32 Å². The summed E-state index contributed by atoms with van der Waals surface area (Å²) in [5, 5.41) is 12.4. The van der Waals surface area contributed by atoms with Crippen molar-refractivity contribution >= 4 is 11.8 Å². The molecule has 0 saturated heterocycles. The Hall–Kier alpha value is -1.58. The Bertz CT molecular complexity index is 491. The van der Waals surface area contributed by atoms with Crippen LogP contribution in [0.4, 0.5) is 5.82 Å². The molecule has 0 radical (unpaired) electrons. The van der Waals surface area contributed by atoms with E-state index in [4.69, 9.17) is 0 Å². The number of nitrogens with one attached hydrogen (secondary N) is 1. The van der Waals surface area contributed by atoms with Crippen LogP contribution in [0.25, 0.3) is 0 Å². The van der Waals surface area contributed by atoms with E-state index in [1.807, 2.05) is 20.8 Å². The number of carbonyl (C=O) groups is 1. The van der Waals surface area contributed by atoms with Crippen LogP contribution in [0.15, 0.2) is 12.1 Å². The highest BCUT2D eigenvalue weighted by Crippen LogP contribution is 2.37. The first-order valence-electron chi connectivity index (χ1n) is 6.77. The van der Waals surface area contributed by atoms with Crippen molar-refractivity contribution in [3.05, 3.63) is 23.4 Å². The van der Waals surface area contributed by atoms with Gasteiger partial charge in [-0.3, -0.25) is 0 Å². The number of anilines is 1. The minimum atomic E-state index is -0.907. The number of carboxylic acid groups (broad SMARTS) is 1. The Morgan fingerprint density at radius 2 is 2.11 bits per heavy atom. The normalized spacial score (nSPS) is 22.1. The summed E-state index contributed by atoms with van der Waals surface area (Å²) in [5.74, 6) is 1.24. The van der Waals surface area contributed by atoms with E-state index < -0.39 is 5.97 Å². The van der Waals surface area contributed by atoms with Crippen molar-refractivity contribution in [1.29, 1.82) is 0 Å². The quantitative estimate of drug-likeness (QED) is 0.875. The van der Waals surface area contributed by atoms with Gasteiger partial charge in [-0.25, -0.2) is 9.78 Å². The highest BCUT2D eigenvalue weighted by atomic mass is 16.4. The van der Waals surface area contributed by atoms with E-state index >= 15 is 0 Å². The van der Waals surface area contributed by atoms with Gasteiger partial charge in [0.1, 0.15) is 5.82 Å². The molecule has 4 heteroatoms. The van der Waals surface area contributed by atoms with Crippen LogP contribution in [-0.2, 0) is 5.41 Å². The zero-order chi connectivity index (χ0) is 14.2. The fourth-order valence-corrected chi connectivity index (χ4v) is 2.05. The van der Waals surface area contributed by atoms with Gasteiger partial charge in [0.15, 0.2) is 0 Å². The molecular formula is C15H22N2O2.